The molecule has 3 fully saturated rings. The zero-order valence-corrected chi connectivity index (χ0v) is 22.3. The first-order valence-corrected chi connectivity index (χ1v) is 14.6. The van der Waals surface area contributed by atoms with Crippen LogP contribution in [0.3, 0.4) is 0 Å². The molecule has 4 atom stereocenters. The number of para-hydroxylation sites is 1. The maximum atomic E-state index is 13.5. The Morgan fingerprint density at radius 3 is 2.22 bits per heavy atom. The first-order chi connectivity index (χ1) is 18.1. The van der Waals surface area contributed by atoms with Crippen LogP contribution < -0.4 is 10.6 Å². The molecule has 1 saturated heterocycles. The average Bonchev–Trinajstić information content (AvgIpc) is 3.15. The highest BCUT2D eigenvalue weighted by atomic mass is 16.2. The number of benzene rings is 1. The smallest absolute Gasteiger partial charge is 0.224 e. The molecule has 0 unspecified atom stereocenters. The first kappa shape index (κ1) is 24.7. The van der Waals surface area contributed by atoms with Crippen molar-refractivity contribution in [2.45, 2.75) is 58.4 Å². The molecular weight excluding hydrogens is 460 g/mol. The Morgan fingerprint density at radius 2 is 1.54 bits per heavy atom. The summed E-state index contributed by atoms with van der Waals surface area (Å²) in [6.07, 6.45) is 12.5. The van der Waals surface area contributed by atoms with E-state index in [-0.39, 0.29) is 40.9 Å². The van der Waals surface area contributed by atoms with Crippen LogP contribution in [0.15, 0.2) is 42.5 Å². The van der Waals surface area contributed by atoms with Gasteiger partial charge in [0.2, 0.25) is 11.8 Å². The normalized spacial score (nSPS) is 27.4. The molecule has 1 aromatic carbocycles. The van der Waals surface area contributed by atoms with Crippen LogP contribution in [-0.2, 0) is 16.1 Å². The molecular formula is C31H42N4O2. The lowest BCUT2D eigenvalue weighted by Gasteiger charge is -2.26. The number of hydrogen-bond donors (Lipinski definition) is 2. The second-order valence-corrected chi connectivity index (χ2v) is 11.9. The van der Waals surface area contributed by atoms with Gasteiger partial charge in [0.15, 0.2) is 0 Å². The number of amides is 2. The third-order valence-electron chi connectivity index (χ3n) is 9.72. The summed E-state index contributed by atoms with van der Waals surface area (Å²) in [5.41, 5.74) is 2.68. The Bertz CT molecular complexity index is 1170. The van der Waals surface area contributed by atoms with Gasteiger partial charge < -0.3 is 20.1 Å². The number of nitrogens with zero attached hydrogens (tertiary/aromatic N) is 2. The third-order valence-corrected chi connectivity index (χ3v) is 9.72. The maximum absolute atomic E-state index is 13.5. The van der Waals surface area contributed by atoms with Gasteiger partial charge in [0.25, 0.3) is 0 Å². The van der Waals surface area contributed by atoms with Crippen LogP contribution in [0.4, 0.5) is 0 Å². The Balaban J connectivity index is 1.02. The molecule has 1 aromatic heterocycles. The molecule has 1 spiro atoms. The summed E-state index contributed by atoms with van der Waals surface area (Å²) in [5, 5.41) is 7.71. The average molecular weight is 503 g/mol. The Morgan fingerprint density at radius 1 is 0.892 bits per heavy atom. The largest absolute Gasteiger partial charge is 0.356 e. The molecule has 6 nitrogen and oxygen atoms in total. The van der Waals surface area contributed by atoms with Gasteiger partial charge in [0, 0.05) is 30.8 Å². The van der Waals surface area contributed by atoms with E-state index in [4.69, 9.17) is 0 Å². The highest BCUT2D eigenvalue weighted by Crippen LogP contribution is 2.72. The number of carbonyl (C=O) groups is 2. The highest BCUT2D eigenvalue weighted by Gasteiger charge is 2.69. The Labute approximate surface area is 220 Å². The second-order valence-electron chi connectivity index (χ2n) is 11.9. The number of aryl methyl sites for hydroxylation is 2. The molecule has 2 amide bonds. The number of hydrogen-bond acceptors (Lipinski definition) is 3. The molecule has 4 aliphatic rings. The predicted molar refractivity (Wildman–Crippen MR) is 147 cm³/mol. The minimum absolute atomic E-state index is 0.0754. The summed E-state index contributed by atoms with van der Waals surface area (Å²) < 4.78 is 2.33. The van der Waals surface area contributed by atoms with E-state index < -0.39 is 0 Å². The van der Waals surface area contributed by atoms with E-state index in [1.807, 2.05) is 0 Å². The second kappa shape index (κ2) is 10.3. The topological polar surface area (TPSA) is 66.4 Å². The summed E-state index contributed by atoms with van der Waals surface area (Å²) >= 11 is 0. The molecule has 2 bridgehead atoms. The summed E-state index contributed by atoms with van der Waals surface area (Å²) in [5.74, 6) is 0.180. The number of fused-ring (bicyclic) bond motifs is 1. The van der Waals surface area contributed by atoms with Crippen molar-refractivity contribution in [1.82, 2.24) is 20.1 Å². The minimum Gasteiger partial charge on any atom is -0.356 e. The van der Waals surface area contributed by atoms with Gasteiger partial charge in [0.1, 0.15) is 0 Å². The van der Waals surface area contributed by atoms with Gasteiger partial charge in [-0.15, -0.1) is 0 Å². The van der Waals surface area contributed by atoms with Crippen molar-refractivity contribution in [3.63, 3.8) is 0 Å². The molecule has 198 valence electrons. The SMILES string of the molecule is Cc1cc2ccccc2n1CCCNC(=O)[C@H]1[C@H](C(=O)NCCCCN2CCCC2)[C@H]2C=C[C@@H]1C21CC1. The van der Waals surface area contributed by atoms with Gasteiger partial charge in [0.05, 0.1) is 11.8 Å². The van der Waals surface area contributed by atoms with Crippen LogP contribution >= 0.6 is 0 Å². The molecule has 2 heterocycles. The van der Waals surface area contributed by atoms with E-state index in [2.05, 4.69) is 69.5 Å². The van der Waals surface area contributed by atoms with Gasteiger partial charge in [-0.25, -0.2) is 0 Å². The van der Waals surface area contributed by atoms with Crippen molar-refractivity contribution >= 4 is 22.7 Å². The number of nitrogens with one attached hydrogen (secondary N) is 2. The molecule has 37 heavy (non-hydrogen) atoms. The number of aromatic nitrogens is 1. The molecule has 2 aromatic rings. The van der Waals surface area contributed by atoms with Crippen molar-refractivity contribution in [1.29, 1.82) is 0 Å². The van der Waals surface area contributed by atoms with Crippen LogP contribution in [-0.4, -0.2) is 54.0 Å². The lowest BCUT2D eigenvalue weighted by atomic mass is 9.81. The molecule has 6 rings (SSSR count). The lowest BCUT2D eigenvalue weighted by Crippen LogP contribution is -2.44. The predicted octanol–water partition coefficient (Wildman–Crippen LogP) is 4.28. The molecule has 0 radical (unpaired) electrons. The minimum atomic E-state index is -0.226. The molecule has 6 heteroatoms. The molecule has 3 aliphatic carbocycles. The van der Waals surface area contributed by atoms with Crippen LogP contribution in [0.5, 0.6) is 0 Å². The van der Waals surface area contributed by atoms with Crippen LogP contribution in [0.25, 0.3) is 10.9 Å². The van der Waals surface area contributed by atoms with E-state index in [9.17, 15) is 9.59 Å². The van der Waals surface area contributed by atoms with E-state index in [0.717, 1.165) is 51.7 Å². The number of unbranched alkanes of at least 4 members (excludes halogenated alkanes) is 1. The van der Waals surface area contributed by atoms with E-state index in [0.29, 0.717) is 6.54 Å². The van der Waals surface area contributed by atoms with Gasteiger partial charge in [-0.3, -0.25) is 9.59 Å². The van der Waals surface area contributed by atoms with Gasteiger partial charge >= 0.3 is 0 Å². The van der Waals surface area contributed by atoms with Crippen molar-refractivity contribution in [2.75, 3.05) is 32.7 Å². The summed E-state index contributed by atoms with van der Waals surface area (Å²) in [6, 6.07) is 10.7. The summed E-state index contributed by atoms with van der Waals surface area (Å²) in [7, 11) is 0. The zero-order chi connectivity index (χ0) is 25.4. The standard InChI is InChI=1S/C31H42N4O2/c1-22-21-23-9-2-3-10-26(23)35(22)20-8-16-33-30(37)28-25-12-11-24(31(25)13-14-31)27(28)29(36)32-15-4-5-17-34-18-6-7-19-34/h2-3,9-12,21,24-25,27-28H,4-8,13-20H2,1H3,(H,32,36)(H,33,37)/t24-,25+,27-,28-/m1/s1. The number of allylic oxidation sites excluding steroid dienone is 2. The van der Waals surface area contributed by atoms with Gasteiger partial charge in [-0.1, -0.05) is 30.4 Å². The van der Waals surface area contributed by atoms with Crippen molar-refractivity contribution in [3.05, 3.63) is 48.2 Å². The van der Waals surface area contributed by atoms with Crippen molar-refractivity contribution in [3.8, 4) is 0 Å². The number of rotatable bonds is 11. The molecule has 1 aliphatic heterocycles. The van der Waals surface area contributed by atoms with E-state index in [1.165, 1.54) is 42.5 Å². The van der Waals surface area contributed by atoms with Crippen LogP contribution in [0.1, 0.15) is 50.6 Å². The van der Waals surface area contributed by atoms with Gasteiger partial charge in [-0.05, 0) is 106 Å². The Kier molecular flexibility index (Phi) is 6.87. The van der Waals surface area contributed by atoms with Crippen molar-refractivity contribution in [2.24, 2.45) is 29.1 Å². The first-order valence-electron chi connectivity index (χ1n) is 14.6. The monoisotopic (exact) mass is 502 g/mol. The number of likely N-dealkylation sites (tertiary alicyclic amines) is 1. The van der Waals surface area contributed by atoms with E-state index in [1.54, 1.807) is 0 Å². The molecule has 2 saturated carbocycles. The molecule has 2 N–H and O–H groups in total. The fraction of sp³-hybridized carbons (Fsp3) is 0.613. The van der Waals surface area contributed by atoms with Gasteiger partial charge in [-0.2, -0.15) is 0 Å². The fourth-order valence-corrected chi connectivity index (χ4v) is 7.72. The summed E-state index contributed by atoms with van der Waals surface area (Å²) in [6.45, 7) is 7.97. The Hall–Kier alpha value is -2.60. The van der Waals surface area contributed by atoms with Crippen molar-refractivity contribution < 1.29 is 9.59 Å². The number of carbonyl (C=O) groups excluding carboxylic acids is 2. The fourth-order valence-electron chi connectivity index (χ4n) is 7.72. The van der Waals surface area contributed by atoms with Crippen LogP contribution in [0, 0.1) is 36.0 Å². The summed E-state index contributed by atoms with van der Waals surface area (Å²) in [4.78, 5) is 29.4. The van der Waals surface area contributed by atoms with Crippen LogP contribution in [0.2, 0.25) is 0 Å². The highest BCUT2D eigenvalue weighted by molar-refractivity contribution is 5.90. The van der Waals surface area contributed by atoms with E-state index >= 15 is 0 Å². The lowest BCUT2D eigenvalue weighted by molar-refractivity contribution is -0.135. The zero-order valence-electron chi connectivity index (χ0n) is 22.3. The maximum Gasteiger partial charge on any atom is 0.224 e. The third kappa shape index (κ3) is 4.62. The quantitative estimate of drug-likeness (QED) is 0.356.